The molecule has 3 rings (SSSR count). The Morgan fingerprint density at radius 3 is 2.69 bits per heavy atom. The second-order valence-corrected chi connectivity index (χ2v) is 6.53. The van der Waals surface area contributed by atoms with E-state index in [1.165, 1.54) is 4.90 Å². The van der Waals surface area contributed by atoms with Crippen LogP contribution in [0.3, 0.4) is 0 Å². The van der Waals surface area contributed by atoms with Gasteiger partial charge < -0.3 is 4.90 Å². The third kappa shape index (κ3) is 4.31. The van der Waals surface area contributed by atoms with Crippen LogP contribution >= 0.6 is 0 Å². The van der Waals surface area contributed by atoms with E-state index in [-0.39, 0.29) is 18.2 Å². The molecule has 1 fully saturated rings. The van der Waals surface area contributed by atoms with E-state index in [4.69, 9.17) is 0 Å². The molecule has 0 N–H and O–H groups in total. The van der Waals surface area contributed by atoms with E-state index in [0.29, 0.717) is 31.9 Å². The van der Waals surface area contributed by atoms with Crippen molar-refractivity contribution in [1.82, 2.24) is 9.88 Å². The number of carbonyl (C=O) groups excluding carboxylic acids is 2. The van der Waals surface area contributed by atoms with Gasteiger partial charge in [0.2, 0.25) is 0 Å². The molecular weight excluding hydrogens is 338 g/mol. The number of amides is 1. The molecule has 0 saturated carbocycles. The van der Waals surface area contributed by atoms with E-state index >= 15 is 0 Å². The number of hydrogen-bond acceptors (Lipinski definition) is 3. The molecule has 1 aromatic carbocycles. The van der Waals surface area contributed by atoms with E-state index in [2.05, 4.69) is 4.98 Å². The van der Waals surface area contributed by atoms with Gasteiger partial charge in [0.25, 0.3) is 5.91 Å². The monoisotopic (exact) mass is 358 g/mol. The third-order valence-corrected chi connectivity index (χ3v) is 4.68. The molecule has 1 aliphatic heterocycles. The Morgan fingerprint density at radius 2 is 1.96 bits per heavy atom. The minimum atomic E-state index is -0.979. The van der Waals surface area contributed by atoms with Gasteiger partial charge in [-0.1, -0.05) is 30.3 Å². The van der Waals surface area contributed by atoms with Crippen molar-refractivity contribution in [2.45, 2.75) is 25.7 Å². The number of aryl methyl sites for hydroxylation is 1. The molecule has 1 aromatic heterocycles. The molecule has 1 atom stereocenters. The second-order valence-electron chi connectivity index (χ2n) is 6.53. The fourth-order valence-corrected chi connectivity index (χ4v) is 3.26. The highest BCUT2D eigenvalue weighted by Gasteiger charge is 2.30. The van der Waals surface area contributed by atoms with Crippen LogP contribution < -0.4 is 0 Å². The summed E-state index contributed by atoms with van der Waals surface area (Å²) in [5.74, 6) is -2.54. The normalized spacial score (nSPS) is 17.2. The van der Waals surface area contributed by atoms with Crippen molar-refractivity contribution in [2.24, 2.45) is 5.92 Å². The highest BCUT2D eigenvalue weighted by molar-refractivity contribution is 5.93. The Morgan fingerprint density at radius 1 is 1.19 bits per heavy atom. The minimum absolute atomic E-state index is 0.110. The Balaban J connectivity index is 1.61. The maximum Gasteiger partial charge on any atom is 0.275 e. The first-order chi connectivity index (χ1) is 12.5. The van der Waals surface area contributed by atoms with Crippen molar-refractivity contribution in [3.05, 3.63) is 65.5 Å². The zero-order chi connectivity index (χ0) is 18.5. The molecular formula is C20H20F2N2O2. The highest BCUT2D eigenvalue weighted by atomic mass is 19.1. The average molecular weight is 358 g/mol. The van der Waals surface area contributed by atoms with Crippen molar-refractivity contribution < 1.29 is 18.4 Å². The van der Waals surface area contributed by atoms with Gasteiger partial charge in [0, 0.05) is 31.5 Å². The maximum atomic E-state index is 13.8. The van der Waals surface area contributed by atoms with Crippen LogP contribution in [0.5, 0.6) is 0 Å². The lowest BCUT2D eigenvalue weighted by molar-refractivity contribution is -0.124. The summed E-state index contributed by atoms with van der Waals surface area (Å²) in [6.07, 6.45) is 3.30. The van der Waals surface area contributed by atoms with Crippen molar-refractivity contribution in [3.63, 3.8) is 0 Å². The summed E-state index contributed by atoms with van der Waals surface area (Å²) in [4.78, 5) is 30.0. The smallest absolute Gasteiger partial charge is 0.275 e. The number of piperidine rings is 1. The number of carbonyl (C=O) groups is 2. The van der Waals surface area contributed by atoms with Crippen LogP contribution in [0.1, 0.15) is 35.3 Å². The van der Waals surface area contributed by atoms with Crippen molar-refractivity contribution in [3.8, 4) is 0 Å². The van der Waals surface area contributed by atoms with Gasteiger partial charge in [-0.25, -0.2) is 13.8 Å². The number of ketones is 1. The number of Topliss-reactive ketones (excluding diaryl/α,β-unsaturated/α-hetero) is 1. The van der Waals surface area contributed by atoms with Crippen LogP contribution in [0.4, 0.5) is 8.78 Å². The van der Waals surface area contributed by atoms with Crippen molar-refractivity contribution in [1.29, 1.82) is 0 Å². The average Bonchev–Trinajstić information content (AvgIpc) is 2.66. The van der Waals surface area contributed by atoms with E-state index < -0.39 is 23.2 Å². The first-order valence-corrected chi connectivity index (χ1v) is 8.71. The van der Waals surface area contributed by atoms with Gasteiger partial charge in [0.15, 0.2) is 11.5 Å². The molecule has 1 saturated heterocycles. The summed E-state index contributed by atoms with van der Waals surface area (Å²) in [5.41, 5.74) is 0.700. The fraction of sp³-hybridized carbons (Fsp3) is 0.350. The molecule has 0 aliphatic carbocycles. The van der Waals surface area contributed by atoms with Gasteiger partial charge in [-0.05, 0) is 24.8 Å². The molecule has 26 heavy (non-hydrogen) atoms. The maximum absolute atomic E-state index is 13.8. The zero-order valence-corrected chi connectivity index (χ0v) is 14.3. The fourth-order valence-electron chi connectivity index (χ4n) is 3.26. The molecule has 1 aliphatic rings. The quantitative estimate of drug-likeness (QED) is 0.823. The highest BCUT2D eigenvalue weighted by Crippen LogP contribution is 2.21. The van der Waals surface area contributed by atoms with Crippen molar-refractivity contribution in [2.75, 3.05) is 13.1 Å². The van der Waals surface area contributed by atoms with Gasteiger partial charge >= 0.3 is 0 Å². The predicted octanol–water partition coefficient (Wildman–Crippen LogP) is 3.41. The number of aromatic nitrogens is 1. The molecule has 4 nitrogen and oxygen atoms in total. The number of hydrogen-bond donors (Lipinski definition) is 0. The molecule has 1 unspecified atom stereocenters. The zero-order valence-electron chi connectivity index (χ0n) is 14.3. The van der Waals surface area contributed by atoms with E-state index in [1.807, 2.05) is 30.3 Å². The number of pyridine rings is 1. The third-order valence-electron chi connectivity index (χ3n) is 4.68. The van der Waals surface area contributed by atoms with E-state index in [1.54, 1.807) is 0 Å². The molecule has 6 heteroatoms. The second kappa shape index (κ2) is 8.17. The summed E-state index contributed by atoms with van der Waals surface area (Å²) < 4.78 is 26.8. The Hall–Kier alpha value is -2.63. The number of likely N-dealkylation sites (tertiary alicyclic amines) is 1. The molecule has 136 valence electrons. The summed E-state index contributed by atoms with van der Waals surface area (Å²) in [6.45, 7) is 0.699. The van der Waals surface area contributed by atoms with E-state index in [0.717, 1.165) is 18.2 Å². The summed E-state index contributed by atoms with van der Waals surface area (Å²) in [5, 5.41) is 0. The van der Waals surface area contributed by atoms with Gasteiger partial charge in [0.05, 0.1) is 6.20 Å². The number of rotatable bonds is 5. The molecule has 0 radical (unpaired) electrons. The first-order valence-electron chi connectivity index (χ1n) is 8.71. The predicted molar refractivity (Wildman–Crippen MR) is 92.6 cm³/mol. The summed E-state index contributed by atoms with van der Waals surface area (Å²) in [7, 11) is 0. The lowest BCUT2D eigenvalue weighted by Crippen LogP contribution is -2.43. The van der Waals surface area contributed by atoms with Crippen molar-refractivity contribution >= 4 is 11.7 Å². The van der Waals surface area contributed by atoms with Gasteiger partial charge in [-0.15, -0.1) is 0 Å². The first kappa shape index (κ1) is 18.2. The molecule has 0 bridgehead atoms. The summed E-state index contributed by atoms with van der Waals surface area (Å²) in [6, 6.07) is 10.4. The minimum Gasteiger partial charge on any atom is -0.336 e. The van der Waals surface area contributed by atoms with Crippen LogP contribution in [-0.4, -0.2) is 34.7 Å². The Bertz CT molecular complexity index is 796. The van der Waals surface area contributed by atoms with E-state index in [9.17, 15) is 18.4 Å². The Kier molecular flexibility index (Phi) is 5.71. The van der Waals surface area contributed by atoms with Gasteiger partial charge in [-0.2, -0.15) is 0 Å². The lowest BCUT2D eigenvalue weighted by atomic mass is 9.90. The number of benzene rings is 1. The lowest BCUT2D eigenvalue weighted by Gasteiger charge is -2.32. The van der Waals surface area contributed by atoms with Crippen LogP contribution in [-0.2, 0) is 11.2 Å². The van der Waals surface area contributed by atoms with Crippen LogP contribution in [0.25, 0.3) is 0 Å². The van der Waals surface area contributed by atoms with Crippen LogP contribution in [0.15, 0.2) is 42.6 Å². The number of halogens is 2. The molecule has 2 aromatic rings. The number of nitrogens with zero attached hydrogens (tertiary/aromatic N) is 2. The molecule has 1 amide bonds. The Labute approximate surface area is 150 Å². The van der Waals surface area contributed by atoms with Gasteiger partial charge in [-0.3, -0.25) is 9.59 Å². The van der Waals surface area contributed by atoms with Crippen LogP contribution in [0.2, 0.25) is 0 Å². The van der Waals surface area contributed by atoms with Crippen LogP contribution in [0, 0.1) is 17.6 Å². The summed E-state index contributed by atoms with van der Waals surface area (Å²) >= 11 is 0. The topological polar surface area (TPSA) is 50.3 Å². The van der Waals surface area contributed by atoms with Gasteiger partial charge in [0.1, 0.15) is 11.6 Å². The standard InChI is InChI=1S/C20H20F2N2O2/c21-16-11-17(22)19(23-12-16)20(26)24-10-4-7-15(13-24)18(25)9-8-14-5-2-1-3-6-14/h1-3,5-6,11-12,15H,4,7-10,13H2. The molecule has 2 heterocycles. The SMILES string of the molecule is O=C(CCc1ccccc1)C1CCCN(C(=O)c2ncc(F)cc2F)C1. The molecule has 0 spiro atoms. The largest absolute Gasteiger partial charge is 0.336 e.